The van der Waals surface area contributed by atoms with Gasteiger partial charge in [-0.2, -0.15) is 0 Å². The third-order valence-corrected chi connectivity index (χ3v) is 7.99. The van der Waals surface area contributed by atoms with Crippen molar-refractivity contribution in [2.75, 3.05) is 19.6 Å². The molecule has 4 atom stereocenters. The molecule has 8 heteroatoms. The second kappa shape index (κ2) is 6.51. The van der Waals surface area contributed by atoms with Gasteiger partial charge in [0.1, 0.15) is 5.70 Å². The number of carbonyl (C=O) groups excluding carboxylic acids is 1. The molecule has 0 bridgehead atoms. The number of carbonyl (C=O) groups is 2. The van der Waals surface area contributed by atoms with Crippen LogP contribution in [0.3, 0.4) is 0 Å². The smallest absolute Gasteiger partial charge is 0.353 e. The van der Waals surface area contributed by atoms with Crippen molar-refractivity contribution in [2.45, 2.75) is 50.1 Å². The number of aliphatic hydroxyl groups is 1. The molecule has 0 aromatic rings. The highest BCUT2D eigenvalue weighted by atomic mass is 32.2. The molecule has 1 saturated carbocycles. The van der Waals surface area contributed by atoms with Crippen LogP contribution >= 0.6 is 11.8 Å². The maximum absolute atomic E-state index is 12.3. The highest BCUT2D eigenvalue weighted by molar-refractivity contribution is 8.03. The standard InChI is InChI=1S/C18H27N3O4S/c1-8-14-13(9(2)22)17(23)21(14)15(18(24)25)16(8)26-12-6-20(7-12)11-3-10(4-11)5-19/h8-14,22H,3-7,19H2,1-2H3,(H,24,25)/t8-,9-,10-,11-,13-,14-/m1/s1. The minimum Gasteiger partial charge on any atom is -0.477 e. The topological polar surface area (TPSA) is 107 Å². The van der Waals surface area contributed by atoms with Crippen molar-refractivity contribution in [1.29, 1.82) is 0 Å². The molecule has 1 amide bonds. The zero-order chi connectivity index (χ0) is 18.7. The van der Waals surface area contributed by atoms with Gasteiger partial charge >= 0.3 is 5.97 Å². The lowest BCUT2D eigenvalue weighted by molar-refractivity contribution is -0.163. The molecule has 1 aliphatic carbocycles. The summed E-state index contributed by atoms with van der Waals surface area (Å²) in [7, 11) is 0. The Hall–Kier alpha value is -1.09. The van der Waals surface area contributed by atoms with E-state index in [2.05, 4.69) is 4.90 Å². The van der Waals surface area contributed by atoms with Crippen molar-refractivity contribution in [1.82, 2.24) is 9.80 Å². The predicted octanol–water partition coefficient (Wildman–Crippen LogP) is 0.295. The zero-order valence-electron chi connectivity index (χ0n) is 15.2. The van der Waals surface area contributed by atoms with Crippen LogP contribution in [0.15, 0.2) is 10.6 Å². The summed E-state index contributed by atoms with van der Waals surface area (Å²) in [6.45, 7) is 6.29. The molecule has 0 unspecified atom stereocenters. The van der Waals surface area contributed by atoms with Crippen molar-refractivity contribution >= 4 is 23.6 Å². The average molecular weight is 381 g/mol. The molecule has 0 aromatic carbocycles. The van der Waals surface area contributed by atoms with Gasteiger partial charge in [0, 0.05) is 35.2 Å². The first-order valence-electron chi connectivity index (χ1n) is 9.42. The number of fused-ring (bicyclic) bond motifs is 1. The van der Waals surface area contributed by atoms with Gasteiger partial charge in [0.05, 0.1) is 18.1 Å². The Balaban J connectivity index is 1.42. The first-order chi connectivity index (χ1) is 12.3. The van der Waals surface area contributed by atoms with Gasteiger partial charge in [-0.1, -0.05) is 6.92 Å². The van der Waals surface area contributed by atoms with Gasteiger partial charge in [0.15, 0.2) is 0 Å². The van der Waals surface area contributed by atoms with Crippen molar-refractivity contribution in [3.63, 3.8) is 0 Å². The second-order valence-corrected chi connectivity index (χ2v) is 9.53. The minimum absolute atomic E-state index is 0.0391. The Morgan fingerprint density at radius 2 is 2.04 bits per heavy atom. The van der Waals surface area contributed by atoms with E-state index in [0.717, 1.165) is 24.5 Å². The largest absolute Gasteiger partial charge is 0.477 e. The van der Waals surface area contributed by atoms with E-state index in [1.165, 1.54) is 17.7 Å². The zero-order valence-corrected chi connectivity index (χ0v) is 16.0. The van der Waals surface area contributed by atoms with Crippen LogP contribution in [0.4, 0.5) is 0 Å². The number of nitrogens with two attached hydrogens (primary N) is 1. The summed E-state index contributed by atoms with van der Waals surface area (Å²) in [5, 5.41) is 19.9. The number of nitrogens with zero attached hydrogens (tertiary/aromatic N) is 2. The fourth-order valence-corrected chi connectivity index (χ4v) is 6.43. The molecular formula is C18H27N3O4S. The summed E-state index contributed by atoms with van der Waals surface area (Å²) in [6.07, 6.45) is 1.60. The number of β-lactam (4-membered cyclic amide) rings is 1. The monoisotopic (exact) mass is 381 g/mol. The summed E-state index contributed by atoms with van der Waals surface area (Å²) in [4.78, 5) is 28.8. The van der Waals surface area contributed by atoms with Gasteiger partial charge < -0.3 is 20.8 Å². The molecule has 7 nitrogen and oxygen atoms in total. The second-order valence-electron chi connectivity index (χ2n) is 8.19. The van der Waals surface area contributed by atoms with Crippen LogP contribution in [0.25, 0.3) is 0 Å². The van der Waals surface area contributed by atoms with Crippen LogP contribution in [-0.4, -0.2) is 75.0 Å². The lowest BCUT2D eigenvalue weighted by atomic mass is 9.78. The molecule has 3 fully saturated rings. The average Bonchev–Trinajstić information content (AvgIpc) is 2.72. The van der Waals surface area contributed by atoms with E-state index in [1.54, 1.807) is 18.7 Å². The summed E-state index contributed by atoms with van der Waals surface area (Å²) in [5.74, 6) is -1.17. The molecule has 3 heterocycles. The molecule has 4 aliphatic rings. The molecule has 4 N–H and O–H groups in total. The highest BCUT2D eigenvalue weighted by Crippen LogP contribution is 2.52. The number of likely N-dealkylation sites (tertiary alicyclic amines) is 1. The SMILES string of the molecule is C[C@@H](O)[C@H]1C(=O)N2C(C(=O)O)=C(SC3CN([C@H]4C[C@H](CN)C4)C3)[C@H](C)[C@H]12. The van der Waals surface area contributed by atoms with Gasteiger partial charge in [-0.25, -0.2) is 4.79 Å². The third-order valence-electron chi connectivity index (χ3n) is 6.54. The Labute approximate surface area is 157 Å². The molecular weight excluding hydrogens is 354 g/mol. The van der Waals surface area contributed by atoms with Crippen LogP contribution in [0.2, 0.25) is 0 Å². The van der Waals surface area contributed by atoms with E-state index < -0.39 is 18.0 Å². The van der Waals surface area contributed by atoms with Crippen molar-refractivity contribution in [3.8, 4) is 0 Å². The summed E-state index contributed by atoms with van der Waals surface area (Å²) < 4.78 is 0. The number of thioether (sulfide) groups is 1. The Morgan fingerprint density at radius 3 is 2.58 bits per heavy atom. The Kier molecular flexibility index (Phi) is 4.58. The molecule has 4 rings (SSSR count). The number of hydrogen-bond acceptors (Lipinski definition) is 6. The van der Waals surface area contributed by atoms with Crippen LogP contribution in [0.5, 0.6) is 0 Å². The molecule has 3 aliphatic heterocycles. The van der Waals surface area contributed by atoms with Crippen LogP contribution in [-0.2, 0) is 9.59 Å². The normalized spacial score (nSPS) is 38.5. The number of carboxylic acids is 1. The summed E-state index contributed by atoms with van der Waals surface area (Å²) in [6, 6.07) is 0.416. The maximum atomic E-state index is 12.3. The van der Waals surface area contributed by atoms with Crippen LogP contribution < -0.4 is 5.73 Å². The summed E-state index contributed by atoms with van der Waals surface area (Å²) in [5.41, 5.74) is 5.83. The van der Waals surface area contributed by atoms with Crippen LogP contribution in [0.1, 0.15) is 26.7 Å². The van der Waals surface area contributed by atoms with Crippen LogP contribution in [0, 0.1) is 17.8 Å². The van der Waals surface area contributed by atoms with Crippen molar-refractivity contribution in [3.05, 3.63) is 10.6 Å². The lowest BCUT2D eigenvalue weighted by Gasteiger charge is -2.50. The first kappa shape index (κ1) is 18.3. The number of amides is 1. The van der Waals surface area contributed by atoms with E-state index in [9.17, 15) is 19.8 Å². The van der Waals surface area contributed by atoms with Gasteiger partial charge in [-0.05, 0) is 32.2 Å². The van der Waals surface area contributed by atoms with E-state index in [4.69, 9.17) is 5.73 Å². The van der Waals surface area contributed by atoms with Gasteiger partial charge in [-0.15, -0.1) is 11.8 Å². The van der Waals surface area contributed by atoms with E-state index in [-0.39, 0.29) is 23.6 Å². The highest BCUT2D eigenvalue weighted by Gasteiger charge is 2.60. The predicted molar refractivity (Wildman–Crippen MR) is 98.1 cm³/mol. The Morgan fingerprint density at radius 1 is 1.38 bits per heavy atom. The Bertz CT molecular complexity index is 655. The molecule has 0 radical (unpaired) electrons. The third kappa shape index (κ3) is 2.61. The molecule has 0 spiro atoms. The maximum Gasteiger partial charge on any atom is 0.353 e. The fraction of sp³-hybridized carbons (Fsp3) is 0.778. The van der Waals surface area contributed by atoms with E-state index in [0.29, 0.717) is 17.2 Å². The van der Waals surface area contributed by atoms with E-state index >= 15 is 0 Å². The first-order valence-corrected chi connectivity index (χ1v) is 10.3. The van der Waals surface area contributed by atoms with Crippen molar-refractivity contribution < 1.29 is 19.8 Å². The number of rotatable bonds is 6. The van der Waals surface area contributed by atoms with Gasteiger partial charge in [-0.3, -0.25) is 9.69 Å². The number of hydrogen-bond donors (Lipinski definition) is 3. The van der Waals surface area contributed by atoms with E-state index in [1.807, 2.05) is 6.92 Å². The molecule has 26 heavy (non-hydrogen) atoms. The van der Waals surface area contributed by atoms with Gasteiger partial charge in [0.2, 0.25) is 5.91 Å². The number of aliphatic carboxylic acids is 1. The molecule has 0 aromatic heterocycles. The minimum atomic E-state index is -1.04. The number of aliphatic hydroxyl groups excluding tert-OH is 1. The number of carboxylic acid groups (broad SMARTS) is 1. The quantitative estimate of drug-likeness (QED) is 0.568. The fourth-order valence-electron chi connectivity index (χ4n) is 4.89. The molecule has 2 saturated heterocycles. The van der Waals surface area contributed by atoms with Gasteiger partial charge in [0.25, 0.3) is 0 Å². The molecule has 144 valence electrons. The van der Waals surface area contributed by atoms with Crippen molar-refractivity contribution in [2.24, 2.45) is 23.5 Å². The lowest BCUT2D eigenvalue weighted by Crippen LogP contribution is -2.63. The summed E-state index contributed by atoms with van der Waals surface area (Å²) >= 11 is 1.62.